The second-order valence-corrected chi connectivity index (χ2v) is 7.62. The molecule has 2 heterocycles. The van der Waals surface area contributed by atoms with Gasteiger partial charge in [0.05, 0.1) is 6.54 Å². The van der Waals surface area contributed by atoms with Crippen LogP contribution in [0.3, 0.4) is 0 Å². The van der Waals surface area contributed by atoms with E-state index in [9.17, 15) is 0 Å². The minimum atomic E-state index is 0. The Morgan fingerprint density at radius 1 is 1.19 bits per heavy atom. The number of aliphatic imine (C=N–C) groups is 1. The molecular formula is C19H35IN6S. The van der Waals surface area contributed by atoms with Gasteiger partial charge in [0.1, 0.15) is 5.82 Å². The number of anilines is 1. The van der Waals surface area contributed by atoms with E-state index < -0.39 is 0 Å². The van der Waals surface area contributed by atoms with Crippen LogP contribution in [-0.4, -0.2) is 74.2 Å². The summed E-state index contributed by atoms with van der Waals surface area (Å²) in [6, 6.07) is 4.27. The number of likely N-dealkylation sites (N-methyl/N-ethyl adjacent to an activating group) is 1. The first-order valence-corrected chi connectivity index (χ1v) is 11.0. The van der Waals surface area contributed by atoms with Gasteiger partial charge in [-0.15, -0.1) is 24.0 Å². The van der Waals surface area contributed by atoms with Gasteiger partial charge >= 0.3 is 0 Å². The zero-order valence-corrected chi connectivity index (χ0v) is 20.1. The van der Waals surface area contributed by atoms with Crippen molar-refractivity contribution in [2.24, 2.45) is 4.99 Å². The number of thioether (sulfide) groups is 1. The van der Waals surface area contributed by atoms with Crippen LogP contribution in [0, 0.1) is 0 Å². The number of unbranched alkanes of at least 4 members (excludes halogenated alkanes) is 1. The van der Waals surface area contributed by atoms with E-state index >= 15 is 0 Å². The molecule has 27 heavy (non-hydrogen) atoms. The minimum Gasteiger partial charge on any atom is -0.357 e. The number of nitrogens with zero attached hydrogens (tertiary/aromatic N) is 4. The van der Waals surface area contributed by atoms with Gasteiger partial charge in [-0.1, -0.05) is 6.07 Å². The van der Waals surface area contributed by atoms with Gasteiger partial charge in [-0.3, -0.25) is 0 Å². The Hall–Kier alpha value is -0.740. The van der Waals surface area contributed by atoms with Gasteiger partial charge in [0, 0.05) is 45.5 Å². The molecule has 0 bridgehead atoms. The summed E-state index contributed by atoms with van der Waals surface area (Å²) >= 11 is 1.90. The van der Waals surface area contributed by atoms with Crippen LogP contribution in [0.5, 0.6) is 0 Å². The molecule has 0 spiro atoms. The second kappa shape index (κ2) is 14.3. The van der Waals surface area contributed by atoms with Crippen molar-refractivity contribution in [1.29, 1.82) is 0 Å². The van der Waals surface area contributed by atoms with Crippen molar-refractivity contribution in [2.75, 3.05) is 63.2 Å². The van der Waals surface area contributed by atoms with Crippen LogP contribution in [-0.2, 0) is 6.54 Å². The molecule has 0 unspecified atom stereocenters. The van der Waals surface area contributed by atoms with Crippen LogP contribution in [0.1, 0.15) is 25.3 Å². The molecule has 1 aromatic rings. The summed E-state index contributed by atoms with van der Waals surface area (Å²) in [4.78, 5) is 14.0. The molecule has 2 N–H and O–H groups in total. The van der Waals surface area contributed by atoms with Crippen LogP contribution < -0.4 is 15.5 Å². The van der Waals surface area contributed by atoms with E-state index in [4.69, 9.17) is 0 Å². The first-order valence-electron chi connectivity index (χ1n) is 9.62. The maximum atomic E-state index is 4.68. The highest BCUT2D eigenvalue weighted by Crippen LogP contribution is 2.14. The number of hydrogen-bond acceptors (Lipinski definition) is 5. The maximum Gasteiger partial charge on any atom is 0.191 e. The average molecular weight is 507 g/mol. The van der Waals surface area contributed by atoms with Crippen molar-refractivity contribution in [3.63, 3.8) is 0 Å². The van der Waals surface area contributed by atoms with Crippen LogP contribution in [0.4, 0.5) is 5.82 Å². The van der Waals surface area contributed by atoms with E-state index in [1.165, 1.54) is 18.6 Å². The minimum absolute atomic E-state index is 0. The largest absolute Gasteiger partial charge is 0.357 e. The monoisotopic (exact) mass is 506 g/mol. The fourth-order valence-corrected chi connectivity index (χ4v) is 3.32. The molecule has 1 aliphatic heterocycles. The van der Waals surface area contributed by atoms with Crippen molar-refractivity contribution in [3.8, 4) is 0 Å². The lowest BCUT2D eigenvalue weighted by atomic mass is 10.2. The van der Waals surface area contributed by atoms with Gasteiger partial charge in [0.15, 0.2) is 5.96 Å². The third-order valence-corrected chi connectivity index (χ3v) is 5.16. The molecule has 154 valence electrons. The van der Waals surface area contributed by atoms with Gasteiger partial charge in [0.25, 0.3) is 0 Å². The van der Waals surface area contributed by atoms with E-state index in [1.54, 1.807) is 0 Å². The number of nitrogens with one attached hydrogen (secondary N) is 2. The quantitative estimate of drug-likeness (QED) is 0.233. The van der Waals surface area contributed by atoms with Crippen LogP contribution in [0.2, 0.25) is 0 Å². The number of pyridine rings is 1. The Morgan fingerprint density at radius 2 is 1.96 bits per heavy atom. The van der Waals surface area contributed by atoms with Crippen molar-refractivity contribution in [3.05, 3.63) is 23.9 Å². The topological polar surface area (TPSA) is 55.8 Å². The number of piperazine rings is 1. The summed E-state index contributed by atoms with van der Waals surface area (Å²) in [6.45, 7) is 8.88. The standard InChI is InChI=1S/C19H34N6S.HI/c1-4-20-19(21-9-5-6-14-26-3)23-16-17-7-8-18(22-15-17)25-12-10-24(2)11-13-25;/h7-8,15H,4-6,9-14,16H2,1-3H3,(H2,20,21,23);1H. The number of guanidine groups is 1. The van der Waals surface area contributed by atoms with E-state index in [0.717, 1.165) is 56.6 Å². The third-order valence-electron chi connectivity index (χ3n) is 4.47. The summed E-state index contributed by atoms with van der Waals surface area (Å²) < 4.78 is 0. The lowest BCUT2D eigenvalue weighted by Crippen LogP contribution is -2.44. The van der Waals surface area contributed by atoms with E-state index in [2.05, 4.69) is 62.8 Å². The maximum absolute atomic E-state index is 4.68. The number of rotatable bonds is 9. The molecule has 8 heteroatoms. The molecule has 0 saturated carbocycles. The predicted molar refractivity (Wildman–Crippen MR) is 130 cm³/mol. The van der Waals surface area contributed by atoms with Crippen LogP contribution in [0.15, 0.2) is 23.3 Å². The Morgan fingerprint density at radius 3 is 2.59 bits per heavy atom. The first kappa shape index (κ1) is 24.3. The zero-order chi connectivity index (χ0) is 18.6. The highest BCUT2D eigenvalue weighted by atomic mass is 127. The summed E-state index contributed by atoms with van der Waals surface area (Å²) in [5.74, 6) is 3.19. The van der Waals surface area contributed by atoms with Gasteiger partial charge in [-0.25, -0.2) is 9.98 Å². The van der Waals surface area contributed by atoms with Crippen molar-refractivity contribution in [1.82, 2.24) is 20.5 Å². The lowest BCUT2D eigenvalue weighted by Gasteiger charge is -2.33. The highest BCUT2D eigenvalue weighted by molar-refractivity contribution is 14.0. The molecular weight excluding hydrogens is 471 g/mol. The fourth-order valence-electron chi connectivity index (χ4n) is 2.82. The second-order valence-electron chi connectivity index (χ2n) is 6.64. The molecule has 0 radical (unpaired) electrons. The Labute approximate surface area is 186 Å². The summed E-state index contributed by atoms with van der Waals surface area (Å²) in [5.41, 5.74) is 1.14. The van der Waals surface area contributed by atoms with Crippen molar-refractivity contribution < 1.29 is 0 Å². The Balaban J connectivity index is 0.00000364. The SMILES string of the molecule is CCNC(=NCc1ccc(N2CCN(C)CC2)nc1)NCCCCSC.I. The molecule has 0 aromatic carbocycles. The molecule has 1 aliphatic rings. The normalized spacial score (nSPS) is 15.4. The van der Waals surface area contributed by atoms with Gasteiger partial charge < -0.3 is 20.4 Å². The number of halogens is 1. The summed E-state index contributed by atoms with van der Waals surface area (Å²) in [5, 5.41) is 6.72. The van der Waals surface area contributed by atoms with Crippen molar-refractivity contribution >= 4 is 47.5 Å². The van der Waals surface area contributed by atoms with Crippen LogP contribution >= 0.6 is 35.7 Å². The number of aromatic nitrogens is 1. The number of hydrogen-bond donors (Lipinski definition) is 2. The van der Waals surface area contributed by atoms with Gasteiger partial charge in [-0.2, -0.15) is 11.8 Å². The van der Waals surface area contributed by atoms with Gasteiger partial charge in [0.2, 0.25) is 0 Å². The summed E-state index contributed by atoms with van der Waals surface area (Å²) in [7, 11) is 2.17. The molecule has 0 aliphatic carbocycles. The van der Waals surface area contributed by atoms with E-state index in [0.29, 0.717) is 6.54 Å². The molecule has 1 aromatic heterocycles. The van der Waals surface area contributed by atoms with E-state index in [-0.39, 0.29) is 24.0 Å². The molecule has 1 fully saturated rings. The molecule has 0 amide bonds. The Kier molecular flexibility index (Phi) is 12.9. The third kappa shape index (κ3) is 9.34. The van der Waals surface area contributed by atoms with Crippen molar-refractivity contribution in [2.45, 2.75) is 26.3 Å². The predicted octanol–water partition coefficient (Wildman–Crippen LogP) is 2.65. The summed E-state index contributed by atoms with van der Waals surface area (Å²) in [6.07, 6.45) is 6.53. The van der Waals surface area contributed by atoms with Gasteiger partial charge in [-0.05, 0) is 50.5 Å². The molecule has 0 atom stereocenters. The van der Waals surface area contributed by atoms with E-state index in [1.807, 2.05) is 18.0 Å². The molecule has 1 saturated heterocycles. The smallest absolute Gasteiger partial charge is 0.191 e. The Bertz CT molecular complexity index is 532. The molecule has 2 rings (SSSR count). The lowest BCUT2D eigenvalue weighted by molar-refractivity contribution is 0.312. The zero-order valence-electron chi connectivity index (χ0n) is 16.9. The first-order chi connectivity index (χ1) is 12.7. The molecule has 6 nitrogen and oxygen atoms in total. The highest BCUT2D eigenvalue weighted by Gasteiger charge is 2.14. The van der Waals surface area contributed by atoms with Crippen LogP contribution in [0.25, 0.3) is 0 Å². The fraction of sp³-hybridized carbons (Fsp3) is 0.684. The average Bonchev–Trinajstić information content (AvgIpc) is 2.67.